The lowest BCUT2D eigenvalue weighted by molar-refractivity contribution is 0.1000. The van der Waals surface area contributed by atoms with Crippen LogP contribution in [-0.4, -0.2) is 40.3 Å². The Morgan fingerprint density at radius 2 is 2.18 bits per heavy atom. The van der Waals surface area contributed by atoms with Crippen molar-refractivity contribution in [1.82, 2.24) is 34.3 Å². The minimum Gasteiger partial charge on any atom is -0.366 e. The molecule has 4 rings (SSSR count). The predicted molar refractivity (Wildman–Crippen MR) is 98.6 cm³/mol. The lowest BCUT2D eigenvalue weighted by Crippen LogP contribution is -2.13. The summed E-state index contributed by atoms with van der Waals surface area (Å²) in [4.78, 5) is 20.4. The molecule has 0 bridgehead atoms. The number of rotatable bonds is 5. The number of hydrogen-bond acceptors (Lipinski definition) is 6. The van der Waals surface area contributed by atoms with Gasteiger partial charge in [-0.2, -0.15) is 10.2 Å². The van der Waals surface area contributed by atoms with Crippen LogP contribution in [0.1, 0.15) is 28.8 Å². The molecule has 0 saturated heterocycles. The molecular formula is C17H18FN9O. The zero-order valence-electron chi connectivity index (χ0n) is 15.3. The molecule has 0 aliphatic rings. The number of halogens is 1. The monoisotopic (exact) mass is 383 g/mol. The maximum absolute atomic E-state index is 14.5. The number of carbonyl (C=O) groups excluding carboxylic acids is 1. The fourth-order valence-corrected chi connectivity index (χ4v) is 3.12. The maximum atomic E-state index is 14.5. The Bertz CT molecular complexity index is 1200. The van der Waals surface area contributed by atoms with Gasteiger partial charge in [-0.1, -0.05) is 0 Å². The van der Waals surface area contributed by atoms with Crippen LogP contribution in [0.3, 0.4) is 0 Å². The van der Waals surface area contributed by atoms with Crippen molar-refractivity contribution in [2.75, 3.05) is 0 Å². The number of H-pyrrole nitrogens is 1. The summed E-state index contributed by atoms with van der Waals surface area (Å²) < 4.78 is 17.7. The van der Waals surface area contributed by atoms with Gasteiger partial charge in [0.15, 0.2) is 17.5 Å². The Morgan fingerprint density at radius 1 is 1.39 bits per heavy atom. The van der Waals surface area contributed by atoms with Gasteiger partial charge in [-0.15, -0.1) is 0 Å². The summed E-state index contributed by atoms with van der Waals surface area (Å²) in [6.45, 7) is 4.09. The fourth-order valence-electron chi connectivity index (χ4n) is 3.12. The number of imidazole rings is 1. The number of pyridine rings is 1. The van der Waals surface area contributed by atoms with Gasteiger partial charge in [-0.05, 0) is 19.9 Å². The van der Waals surface area contributed by atoms with Crippen molar-refractivity contribution in [3.8, 4) is 22.9 Å². The topological polar surface area (TPSA) is 146 Å². The first-order chi connectivity index (χ1) is 13.4. The molecule has 4 aromatic heterocycles. The van der Waals surface area contributed by atoms with Crippen LogP contribution >= 0.6 is 0 Å². The molecule has 11 heteroatoms. The summed E-state index contributed by atoms with van der Waals surface area (Å²) in [5.41, 5.74) is 13.1. The van der Waals surface area contributed by atoms with E-state index in [4.69, 9.17) is 11.5 Å². The first kappa shape index (κ1) is 17.8. The largest absolute Gasteiger partial charge is 0.366 e. The summed E-state index contributed by atoms with van der Waals surface area (Å²) >= 11 is 0. The second-order valence-corrected chi connectivity index (χ2v) is 6.21. The number of nitrogens with two attached hydrogens (primary N) is 2. The van der Waals surface area contributed by atoms with Crippen molar-refractivity contribution >= 4 is 11.4 Å². The summed E-state index contributed by atoms with van der Waals surface area (Å²) in [6, 6.07) is 1.57. The zero-order chi connectivity index (χ0) is 20.0. The highest BCUT2D eigenvalue weighted by Gasteiger charge is 2.22. The molecule has 0 aliphatic heterocycles. The Hall–Kier alpha value is -3.60. The third-order valence-electron chi connectivity index (χ3n) is 4.49. The number of nitrogens with one attached hydrogen (secondary N) is 1. The normalized spacial score (nSPS) is 11.4. The van der Waals surface area contributed by atoms with Gasteiger partial charge in [-0.3, -0.25) is 14.6 Å². The van der Waals surface area contributed by atoms with Gasteiger partial charge in [0.05, 0.1) is 29.5 Å². The quantitative estimate of drug-likeness (QED) is 0.469. The SMILES string of the molecule is CCn1nc(C)c(F)c1-c1nc(-c2cc(C(N)=O)cn3c(CN)ncc23)n[nH]1. The molecule has 0 spiro atoms. The molecule has 10 nitrogen and oxygen atoms in total. The van der Waals surface area contributed by atoms with Crippen LogP contribution in [0.15, 0.2) is 18.5 Å². The number of primary amides is 1. The minimum absolute atomic E-state index is 0.176. The zero-order valence-corrected chi connectivity index (χ0v) is 15.3. The van der Waals surface area contributed by atoms with Crippen molar-refractivity contribution in [3.05, 3.63) is 41.4 Å². The van der Waals surface area contributed by atoms with E-state index >= 15 is 0 Å². The first-order valence-corrected chi connectivity index (χ1v) is 8.60. The Kier molecular flexibility index (Phi) is 4.15. The number of hydrogen-bond donors (Lipinski definition) is 3. The molecule has 0 atom stereocenters. The third-order valence-corrected chi connectivity index (χ3v) is 4.49. The molecule has 1 amide bonds. The maximum Gasteiger partial charge on any atom is 0.250 e. The smallest absolute Gasteiger partial charge is 0.250 e. The number of carbonyl (C=O) groups is 1. The average molecular weight is 383 g/mol. The molecule has 0 saturated carbocycles. The average Bonchev–Trinajstić information content (AvgIpc) is 3.38. The molecule has 144 valence electrons. The fraction of sp³-hybridized carbons (Fsp3) is 0.235. The van der Waals surface area contributed by atoms with E-state index in [0.29, 0.717) is 23.4 Å². The second-order valence-electron chi connectivity index (χ2n) is 6.21. The van der Waals surface area contributed by atoms with Crippen LogP contribution < -0.4 is 11.5 Å². The molecule has 4 heterocycles. The van der Waals surface area contributed by atoms with E-state index in [2.05, 4.69) is 25.3 Å². The lowest BCUT2D eigenvalue weighted by atomic mass is 10.1. The van der Waals surface area contributed by atoms with Crippen molar-refractivity contribution in [3.63, 3.8) is 0 Å². The summed E-state index contributed by atoms with van der Waals surface area (Å²) in [7, 11) is 0. The van der Waals surface area contributed by atoms with E-state index < -0.39 is 11.7 Å². The van der Waals surface area contributed by atoms with Crippen LogP contribution in [0.25, 0.3) is 28.4 Å². The van der Waals surface area contributed by atoms with E-state index in [1.54, 1.807) is 29.8 Å². The molecule has 4 aromatic rings. The van der Waals surface area contributed by atoms with Crippen molar-refractivity contribution in [2.45, 2.75) is 26.9 Å². The van der Waals surface area contributed by atoms with Crippen molar-refractivity contribution in [1.29, 1.82) is 0 Å². The Morgan fingerprint density at radius 3 is 2.86 bits per heavy atom. The van der Waals surface area contributed by atoms with Gasteiger partial charge in [0, 0.05) is 18.3 Å². The molecule has 0 fully saturated rings. The molecule has 28 heavy (non-hydrogen) atoms. The summed E-state index contributed by atoms with van der Waals surface area (Å²) in [6.07, 6.45) is 3.18. The first-order valence-electron chi connectivity index (χ1n) is 8.60. The van der Waals surface area contributed by atoms with E-state index in [-0.39, 0.29) is 35.1 Å². The van der Waals surface area contributed by atoms with E-state index in [1.165, 1.54) is 4.68 Å². The number of aryl methyl sites for hydroxylation is 2. The highest BCUT2D eigenvalue weighted by Crippen LogP contribution is 2.28. The Labute approximate surface area is 158 Å². The molecule has 0 aromatic carbocycles. The van der Waals surface area contributed by atoms with Gasteiger partial charge in [-0.25, -0.2) is 14.4 Å². The van der Waals surface area contributed by atoms with Gasteiger partial charge < -0.3 is 15.9 Å². The number of aromatic nitrogens is 7. The van der Waals surface area contributed by atoms with E-state index in [1.807, 2.05) is 6.92 Å². The van der Waals surface area contributed by atoms with Gasteiger partial charge >= 0.3 is 0 Å². The second kappa shape index (κ2) is 6.53. The summed E-state index contributed by atoms with van der Waals surface area (Å²) in [5, 5.41) is 11.1. The molecular weight excluding hydrogens is 365 g/mol. The van der Waals surface area contributed by atoms with Crippen molar-refractivity contribution in [2.24, 2.45) is 11.5 Å². The molecule has 5 N–H and O–H groups in total. The Balaban J connectivity index is 1.91. The molecule has 0 radical (unpaired) electrons. The van der Waals surface area contributed by atoms with Crippen LogP contribution in [0.2, 0.25) is 0 Å². The van der Waals surface area contributed by atoms with Gasteiger partial charge in [0.2, 0.25) is 5.91 Å². The number of amides is 1. The van der Waals surface area contributed by atoms with E-state index in [9.17, 15) is 9.18 Å². The van der Waals surface area contributed by atoms with E-state index in [0.717, 1.165) is 0 Å². The van der Waals surface area contributed by atoms with Crippen LogP contribution in [-0.2, 0) is 13.1 Å². The van der Waals surface area contributed by atoms with Crippen LogP contribution in [0.4, 0.5) is 4.39 Å². The van der Waals surface area contributed by atoms with Crippen LogP contribution in [0, 0.1) is 12.7 Å². The third kappa shape index (κ3) is 2.63. The number of fused-ring (bicyclic) bond motifs is 1. The van der Waals surface area contributed by atoms with Crippen LogP contribution in [0.5, 0.6) is 0 Å². The minimum atomic E-state index is -0.610. The lowest BCUT2D eigenvalue weighted by Gasteiger charge is -2.06. The highest BCUT2D eigenvalue weighted by molar-refractivity contribution is 5.95. The highest BCUT2D eigenvalue weighted by atomic mass is 19.1. The molecule has 0 unspecified atom stereocenters. The van der Waals surface area contributed by atoms with Crippen molar-refractivity contribution < 1.29 is 9.18 Å². The van der Waals surface area contributed by atoms with Gasteiger partial charge in [0.1, 0.15) is 11.5 Å². The summed E-state index contributed by atoms with van der Waals surface area (Å²) in [5.74, 6) is -0.0129. The standard InChI is InChI=1S/C17H18FN9O/c1-3-27-14(13(18)8(2)25-27)17-22-16(23-24-17)10-4-9(15(20)28)7-26-11(10)6-21-12(26)5-19/h4,6-7H,3,5,19H2,1-2H3,(H2,20,28)(H,22,23,24). The number of aromatic amines is 1. The van der Waals surface area contributed by atoms with Gasteiger partial charge in [0.25, 0.3) is 0 Å². The predicted octanol–water partition coefficient (Wildman–Crippen LogP) is 1.01. The number of nitrogens with zero attached hydrogens (tertiary/aromatic N) is 6. The molecule has 0 aliphatic carbocycles.